The van der Waals surface area contributed by atoms with Gasteiger partial charge in [0.25, 0.3) is 11.6 Å². The summed E-state index contributed by atoms with van der Waals surface area (Å²) >= 11 is 1.91. The van der Waals surface area contributed by atoms with Crippen LogP contribution in [0.1, 0.15) is 28.8 Å². The highest BCUT2D eigenvalue weighted by Gasteiger charge is 2.21. The largest absolute Gasteiger partial charge is 0.454 e. The van der Waals surface area contributed by atoms with Gasteiger partial charge in [-0.15, -0.1) is 0 Å². The van der Waals surface area contributed by atoms with E-state index in [1.807, 2.05) is 23.9 Å². The SMILES string of the molecule is O=C(NCc1ccc2c(c1)OCO2)c1cc([N+](=O)[O-])ccc1NC1CCSCC1. The molecular formula is C20H21N3O5S. The molecule has 1 saturated heterocycles. The van der Waals surface area contributed by atoms with Crippen molar-refractivity contribution in [3.63, 3.8) is 0 Å². The van der Waals surface area contributed by atoms with E-state index in [2.05, 4.69) is 10.6 Å². The van der Waals surface area contributed by atoms with Crippen LogP contribution in [0.25, 0.3) is 0 Å². The maximum atomic E-state index is 12.9. The van der Waals surface area contributed by atoms with E-state index in [1.165, 1.54) is 12.1 Å². The highest BCUT2D eigenvalue weighted by molar-refractivity contribution is 7.99. The summed E-state index contributed by atoms with van der Waals surface area (Å²) in [6.07, 6.45) is 2.00. The average Bonchev–Trinajstić information content (AvgIpc) is 3.21. The molecule has 0 aliphatic carbocycles. The van der Waals surface area contributed by atoms with Gasteiger partial charge in [0.2, 0.25) is 6.79 Å². The lowest BCUT2D eigenvalue weighted by Gasteiger charge is -2.24. The minimum atomic E-state index is -0.490. The molecule has 0 saturated carbocycles. The van der Waals surface area contributed by atoms with Crippen molar-refractivity contribution in [3.05, 3.63) is 57.6 Å². The van der Waals surface area contributed by atoms with E-state index in [1.54, 1.807) is 12.1 Å². The number of fused-ring (bicyclic) bond motifs is 1. The molecule has 2 aromatic rings. The Hall–Kier alpha value is -2.94. The summed E-state index contributed by atoms with van der Waals surface area (Å²) in [7, 11) is 0. The molecule has 8 nitrogen and oxygen atoms in total. The molecule has 2 aliphatic rings. The standard InChI is InChI=1S/C20H21N3O5S/c24-20(21-11-13-1-4-18-19(9-13)28-12-27-18)16-10-15(23(25)26)2-3-17(16)22-14-5-7-29-8-6-14/h1-4,9-10,14,22H,5-8,11-12H2,(H,21,24). The van der Waals surface area contributed by atoms with E-state index in [9.17, 15) is 14.9 Å². The normalized spacial score (nSPS) is 15.7. The summed E-state index contributed by atoms with van der Waals surface area (Å²) in [6, 6.07) is 10.1. The Labute approximate surface area is 172 Å². The molecule has 2 aliphatic heterocycles. The first-order valence-corrected chi connectivity index (χ1v) is 10.5. The number of thioether (sulfide) groups is 1. The summed E-state index contributed by atoms with van der Waals surface area (Å²) in [5.74, 6) is 3.09. The van der Waals surface area contributed by atoms with Gasteiger partial charge < -0.3 is 20.1 Å². The quantitative estimate of drug-likeness (QED) is 0.549. The van der Waals surface area contributed by atoms with Crippen LogP contribution in [0.3, 0.4) is 0 Å². The van der Waals surface area contributed by atoms with Crippen LogP contribution in [0.4, 0.5) is 11.4 Å². The molecule has 0 unspecified atom stereocenters. The fourth-order valence-electron chi connectivity index (χ4n) is 3.35. The topological polar surface area (TPSA) is 103 Å². The van der Waals surface area contributed by atoms with Crippen molar-refractivity contribution in [2.45, 2.75) is 25.4 Å². The second-order valence-corrected chi connectivity index (χ2v) is 8.11. The zero-order valence-corrected chi connectivity index (χ0v) is 16.5. The number of carbonyl (C=O) groups excluding carboxylic acids is 1. The smallest absolute Gasteiger partial charge is 0.270 e. The molecule has 2 N–H and O–H groups in total. The Morgan fingerprint density at radius 1 is 1.14 bits per heavy atom. The van der Waals surface area contributed by atoms with Crippen LogP contribution in [-0.4, -0.2) is 35.2 Å². The van der Waals surface area contributed by atoms with Crippen LogP contribution < -0.4 is 20.1 Å². The van der Waals surface area contributed by atoms with E-state index in [4.69, 9.17) is 9.47 Å². The maximum absolute atomic E-state index is 12.9. The number of rotatable bonds is 6. The molecule has 2 aromatic carbocycles. The minimum Gasteiger partial charge on any atom is -0.454 e. The number of carbonyl (C=O) groups is 1. The van der Waals surface area contributed by atoms with Crippen molar-refractivity contribution in [1.29, 1.82) is 0 Å². The predicted octanol–water partition coefficient (Wildman–Crippen LogP) is 3.56. The van der Waals surface area contributed by atoms with Gasteiger partial charge in [-0.2, -0.15) is 11.8 Å². The summed E-state index contributed by atoms with van der Waals surface area (Å²) in [4.78, 5) is 23.6. The number of nitro benzene ring substituents is 1. The zero-order valence-electron chi connectivity index (χ0n) is 15.7. The predicted molar refractivity (Wildman–Crippen MR) is 111 cm³/mol. The van der Waals surface area contributed by atoms with Crippen LogP contribution in [-0.2, 0) is 6.54 Å². The number of ether oxygens (including phenoxy) is 2. The van der Waals surface area contributed by atoms with E-state index < -0.39 is 4.92 Å². The Kier molecular flexibility index (Phi) is 5.75. The Morgan fingerprint density at radius 2 is 1.93 bits per heavy atom. The fraction of sp³-hybridized carbons (Fsp3) is 0.350. The van der Waals surface area contributed by atoms with Gasteiger partial charge in [-0.05, 0) is 48.1 Å². The van der Waals surface area contributed by atoms with Crippen LogP contribution in [0, 0.1) is 10.1 Å². The van der Waals surface area contributed by atoms with Gasteiger partial charge in [0.05, 0.1) is 10.5 Å². The molecule has 0 atom stereocenters. The minimum absolute atomic E-state index is 0.108. The van der Waals surface area contributed by atoms with Gasteiger partial charge in [-0.3, -0.25) is 14.9 Å². The molecule has 152 valence electrons. The van der Waals surface area contributed by atoms with Gasteiger partial charge in [0.15, 0.2) is 11.5 Å². The first-order chi connectivity index (χ1) is 14.1. The summed E-state index contributed by atoms with van der Waals surface area (Å²) in [6.45, 7) is 0.463. The number of anilines is 1. The lowest BCUT2D eigenvalue weighted by atomic mass is 10.1. The van der Waals surface area contributed by atoms with Crippen molar-refractivity contribution in [2.75, 3.05) is 23.6 Å². The van der Waals surface area contributed by atoms with Gasteiger partial charge in [0, 0.05) is 30.4 Å². The summed E-state index contributed by atoms with van der Waals surface area (Å²) < 4.78 is 10.6. The number of nitrogens with zero attached hydrogens (tertiary/aromatic N) is 1. The van der Waals surface area contributed by atoms with Gasteiger partial charge in [-0.1, -0.05) is 6.07 Å². The Balaban J connectivity index is 1.50. The number of nitro groups is 1. The molecule has 4 rings (SSSR count). The van der Waals surface area contributed by atoms with Gasteiger partial charge >= 0.3 is 0 Å². The third-order valence-corrected chi connectivity index (χ3v) is 5.98. The number of amides is 1. The highest BCUT2D eigenvalue weighted by Crippen LogP contribution is 2.32. The summed E-state index contributed by atoms with van der Waals surface area (Å²) in [5, 5.41) is 17.4. The first kappa shape index (κ1) is 19.4. The highest BCUT2D eigenvalue weighted by atomic mass is 32.2. The van der Waals surface area contributed by atoms with Crippen molar-refractivity contribution in [3.8, 4) is 11.5 Å². The van der Waals surface area contributed by atoms with E-state index in [0.29, 0.717) is 17.2 Å². The van der Waals surface area contributed by atoms with Crippen LogP contribution in [0.5, 0.6) is 11.5 Å². The molecule has 9 heteroatoms. The molecule has 1 amide bonds. The molecule has 0 spiro atoms. The first-order valence-electron chi connectivity index (χ1n) is 9.39. The summed E-state index contributed by atoms with van der Waals surface area (Å²) in [5.41, 5.74) is 1.64. The molecule has 2 heterocycles. The van der Waals surface area contributed by atoms with Crippen molar-refractivity contribution < 1.29 is 19.2 Å². The average molecular weight is 415 g/mol. The van der Waals surface area contributed by atoms with E-state index in [-0.39, 0.29) is 36.5 Å². The second-order valence-electron chi connectivity index (χ2n) is 6.89. The third-order valence-electron chi connectivity index (χ3n) is 4.93. The number of hydrogen-bond donors (Lipinski definition) is 2. The second kappa shape index (κ2) is 8.60. The third kappa shape index (κ3) is 4.56. The molecule has 29 heavy (non-hydrogen) atoms. The lowest BCUT2D eigenvalue weighted by molar-refractivity contribution is -0.384. The Morgan fingerprint density at radius 3 is 2.72 bits per heavy atom. The van der Waals surface area contributed by atoms with E-state index in [0.717, 1.165) is 29.9 Å². The number of hydrogen-bond acceptors (Lipinski definition) is 7. The Bertz CT molecular complexity index is 930. The van der Waals surface area contributed by atoms with Gasteiger partial charge in [0.1, 0.15) is 0 Å². The monoisotopic (exact) mass is 415 g/mol. The molecule has 0 aromatic heterocycles. The van der Waals surface area contributed by atoms with Crippen molar-refractivity contribution >= 4 is 29.0 Å². The van der Waals surface area contributed by atoms with E-state index >= 15 is 0 Å². The fourth-order valence-corrected chi connectivity index (χ4v) is 4.46. The molecule has 0 bridgehead atoms. The van der Waals surface area contributed by atoms with Crippen molar-refractivity contribution in [1.82, 2.24) is 5.32 Å². The maximum Gasteiger partial charge on any atom is 0.270 e. The lowest BCUT2D eigenvalue weighted by Crippen LogP contribution is -2.28. The number of benzene rings is 2. The molecule has 0 radical (unpaired) electrons. The van der Waals surface area contributed by atoms with Crippen LogP contribution >= 0.6 is 11.8 Å². The number of non-ortho nitro benzene ring substituents is 1. The van der Waals surface area contributed by atoms with Crippen LogP contribution in [0.2, 0.25) is 0 Å². The van der Waals surface area contributed by atoms with Gasteiger partial charge in [-0.25, -0.2) is 0 Å². The molecule has 1 fully saturated rings. The zero-order chi connectivity index (χ0) is 20.2. The van der Waals surface area contributed by atoms with Crippen molar-refractivity contribution in [2.24, 2.45) is 0 Å². The number of nitrogens with one attached hydrogen (secondary N) is 2. The van der Waals surface area contributed by atoms with Crippen LogP contribution in [0.15, 0.2) is 36.4 Å². The molecular weight excluding hydrogens is 394 g/mol.